The van der Waals surface area contributed by atoms with Crippen LogP contribution in [0.4, 0.5) is 0 Å². The summed E-state index contributed by atoms with van der Waals surface area (Å²) in [4.78, 5) is 0. The van der Waals surface area contributed by atoms with Gasteiger partial charge in [0.2, 0.25) is 6.33 Å². The molecule has 3 nitrogen and oxygen atoms in total. The van der Waals surface area contributed by atoms with E-state index in [0.29, 0.717) is 0 Å². The van der Waals surface area contributed by atoms with Crippen molar-refractivity contribution in [1.82, 2.24) is 4.57 Å². The lowest BCUT2D eigenvalue weighted by atomic mass is 10.2. The van der Waals surface area contributed by atoms with Crippen molar-refractivity contribution >= 4 is 11.0 Å². The van der Waals surface area contributed by atoms with E-state index >= 15 is 0 Å². The van der Waals surface area contributed by atoms with Gasteiger partial charge in [0.1, 0.15) is 0 Å². The third kappa shape index (κ3) is 0.863. The molecule has 0 saturated carbocycles. The molecule has 1 heterocycles. The third-order valence-corrected chi connectivity index (χ3v) is 2.03. The van der Waals surface area contributed by atoms with E-state index in [4.69, 9.17) is 0 Å². The fraction of sp³-hybridized carbons (Fsp3) is 0.222. The van der Waals surface area contributed by atoms with Gasteiger partial charge in [-0.05, 0) is 24.6 Å². The first-order valence-electron chi connectivity index (χ1n) is 3.83. The molecule has 1 aromatic carbocycles. The number of fused-ring (bicyclic) bond motifs is 1. The highest BCUT2D eigenvalue weighted by Gasteiger charge is 2.06. The van der Waals surface area contributed by atoms with Gasteiger partial charge in [-0.25, -0.2) is 9.30 Å². The van der Waals surface area contributed by atoms with Crippen LogP contribution in [0.25, 0.3) is 11.0 Å². The molecule has 1 aromatic heterocycles. The van der Waals surface area contributed by atoms with Gasteiger partial charge < -0.3 is 5.21 Å². The Bertz CT molecular complexity index is 431. The maximum atomic E-state index is 11.2. The van der Waals surface area contributed by atoms with E-state index < -0.39 is 0 Å². The number of nitrogens with zero attached hydrogens (tertiary/aromatic N) is 2. The molecule has 0 aliphatic carbocycles. The minimum Gasteiger partial charge on any atom is -0.710 e. The van der Waals surface area contributed by atoms with E-state index in [2.05, 4.69) is 0 Å². The van der Waals surface area contributed by atoms with Crippen molar-refractivity contribution in [3.8, 4) is 0 Å². The molecule has 0 N–H and O–H groups in total. The summed E-state index contributed by atoms with van der Waals surface area (Å²) in [6.45, 7) is 2.02. The molecule has 0 atom stereocenters. The third-order valence-electron chi connectivity index (χ3n) is 2.03. The van der Waals surface area contributed by atoms with Gasteiger partial charge in [0, 0.05) is 0 Å². The van der Waals surface area contributed by atoms with Crippen LogP contribution in [-0.4, -0.2) is 4.57 Å². The molecule has 0 unspecified atom stereocenters. The lowest BCUT2D eigenvalue weighted by molar-refractivity contribution is -0.577. The summed E-state index contributed by atoms with van der Waals surface area (Å²) < 4.78 is 2.71. The standard InChI is InChI=1S/C9H10N2O/c1-7-3-4-8-9(5-7)10(2)6-11(8)12/h3-6H,1-2H3. The molecule has 12 heavy (non-hydrogen) atoms. The largest absolute Gasteiger partial charge is 0.710 e. The second-order valence-corrected chi connectivity index (χ2v) is 3.04. The zero-order valence-corrected chi connectivity index (χ0v) is 7.11. The monoisotopic (exact) mass is 162 g/mol. The summed E-state index contributed by atoms with van der Waals surface area (Å²) in [6.07, 6.45) is 1.53. The number of hydrogen-bond acceptors (Lipinski definition) is 1. The Balaban J connectivity index is 2.90. The highest BCUT2D eigenvalue weighted by molar-refractivity contribution is 5.72. The van der Waals surface area contributed by atoms with Crippen molar-refractivity contribution < 1.29 is 4.73 Å². The summed E-state index contributed by atoms with van der Waals surface area (Å²) in [5.41, 5.74) is 2.87. The van der Waals surface area contributed by atoms with Crippen LogP contribution in [0.1, 0.15) is 5.56 Å². The first kappa shape index (κ1) is 7.16. The smallest absolute Gasteiger partial charge is 0.247 e. The van der Waals surface area contributed by atoms with E-state index in [9.17, 15) is 5.21 Å². The van der Waals surface area contributed by atoms with E-state index in [1.165, 1.54) is 11.9 Å². The van der Waals surface area contributed by atoms with Crippen LogP contribution in [0.2, 0.25) is 0 Å². The SMILES string of the molecule is Cc1ccc2c(c1)n(C)c[n+]2[O-]. The lowest BCUT2D eigenvalue weighted by Crippen LogP contribution is -2.22. The van der Waals surface area contributed by atoms with Gasteiger partial charge in [0.15, 0.2) is 11.0 Å². The van der Waals surface area contributed by atoms with E-state index in [-0.39, 0.29) is 0 Å². The maximum absolute atomic E-state index is 11.2. The Labute approximate surface area is 70.4 Å². The summed E-state index contributed by atoms with van der Waals surface area (Å²) in [5, 5.41) is 11.2. The van der Waals surface area contributed by atoms with Gasteiger partial charge in [-0.3, -0.25) is 0 Å². The molecule has 3 heteroatoms. The predicted octanol–water partition coefficient (Wildman–Crippen LogP) is 1.12. The highest BCUT2D eigenvalue weighted by Crippen LogP contribution is 2.11. The highest BCUT2D eigenvalue weighted by atomic mass is 16.5. The zero-order valence-electron chi connectivity index (χ0n) is 7.11. The fourth-order valence-electron chi connectivity index (χ4n) is 1.38. The summed E-state index contributed by atoms with van der Waals surface area (Å²) in [6, 6.07) is 5.79. The minimum atomic E-state index is 0.725. The fourth-order valence-corrected chi connectivity index (χ4v) is 1.38. The number of rotatable bonds is 0. The first-order valence-corrected chi connectivity index (χ1v) is 3.83. The van der Waals surface area contributed by atoms with E-state index in [0.717, 1.165) is 15.8 Å². The Hall–Kier alpha value is -1.51. The van der Waals surface area contributed by atoms with Gasteiger partial charge in [-0.1, -0.05) is 6.07 Å². The van der Waals surface area contributed by atoms with Crippen LogP contribution in [0.15, 0.2) is 24.5 Å². The summed E-state index contributed by atoms with van der Waals surface area (Å²) in [5.74, 6) is 0. The summed E-state index contributed by atoms with van der Waals surface area (Å²) in [7, 11) is 1.87. The minimum absolute atomic E-state index is 0.725. The molecule has 0 aliphatic rings. The number of imidazole rings is 1. The van der Waals surface area contributed by atoms with Crippen molar-refractivity contribution in [3.63, 3.8) is 0 Å². The molecule has 2 aromatic rings. The quantitative estimate of drug-likeness (QED) is 0.422. The first-order chi connectivity index (χ1) is 5.68. The topological polar surface area (TPSA) is 31.9 Å². The summed E-state index contributed by atoms with van der Waals surface area (Å²) >= 11 is 0. The lowest BCUT2D eigenvalue weighted by Gasteiger charge is -1.95. The molecular formula is C9H10N2O. The van der Waals surface area contributed by atoms with Crippen LogP contribution >= 0.6 is 0 Å². The van der Waals surface area contributed by atoms with Crippen LogP contribution in [0, 0.1) is 12.1 Å². The van der Waals surface area contributed by atoms with Crippen LogP contribution in [-0.2, 0) is 7.05 Å². The van der Waals surface area contributed by atoms with E-state index in [1.807, 2.05) is 36.7 Å². The molecule has 0 spiro atoms. The Morgan fingerprint density at radius 1 is 1.42 bits per heavy atom. The van der Waals surface area contributed by atoms with Gasteiger partial charge in [-0.15, -0.1) is 0 Å². The van der Waals surface area contributed by atoms with Crippen molar-refractivity contribution in [1.29, 1.82) is 0 Å². The molecule has 2 rings (SSSR count). The molecule has 0 bridgehead atoms. The number of hydrogen-bond donors (Lipinski definition) is 0. The Morgan fingerprint density at radius 3 is 2.92 bits per heavy atom. The van der Waals surface area contributed by atoms with Gasteiger partial charge in [0.05, 0.1) is 7.05 Å². The van der Waals surface area contributed by atoms with Gasteiger partial charge in [0.25, 0.3) is 0 Å². The van der Waals surface area contributed by atoms with Crippen molar-refractivity contribution in [3.05, 3.63) is 35.3 Å². The van der Waals surface area contributed by atoms with Crippen LogP contribution in [0.5, 0.6) is 0 Å². The van der Waals surface area contributed by atoms with Crippen molar-refractivity contribution in [2.75, 3.05) is 0 Å². The second kappa shape index (κ2) is 2.24. The molecule has 62 valence electrons. The molecule has 0 saturated heterocycles. The van der Waals surface area contributed by atoms with Crippen molar-refractivity contribution in [2.24, 2.45) is 7.05 Å². The maximum Gasteiger partial charge on any atom is 0.247 e. The van der Waals surface area contributed by atoms with E-state index in [1.54, 1.807) is 0 Å². The number of benzene rings is 1. The molecule has 0 amide bonds. The number of aromatic nitrogens is 2. The Kier molecular flexibility index (Phi) is 1.33. The molecule has 0 fully saturated rings. The second-order valence-electron chi connectivity index (χ2n) is 3.04. The molecule has 0 aliphatic heterocycles. The average Bonchev–Trinajstić information content (AvgIpc) is 2.28. The Morgan fingerprint density at radius 2 is 2.17 bits per heavy atom. The number of aryl methyl sites for hydroxylation is 2. The van der Waals surface area contributed by atoms with Gasteiger partial charge in [-0.2, -0.15) is 0 Å². The van der Waals surface area contributed by atoms with Gasteiger partial charge >= 0.3 is 0 Å². The molecular weight excluding hydrogens is 152 g/mol. The van der Waals surface area contributed by atoms with Crippen molar-refractivity contribution in [2.45, 2.75) is 6.92 Å². The van der Waals surface area contributed by atoms with Crippen LogP contribution < -0.4 is 4.73 Å². The molecule has 0 radical (unpaired) electrons. The van der Waals surface area contributed by atoms with Crippen LogP contribution in [0.3, 0.4) is 0 Å². The average molecular weight is 162 g/mol. The zero-order chi connectivity index (χ0) is 8.72. The predicted molar refractivity (Wildman–Crippen MR) is 46.6 cm³/mol. The normalized spacial score (nSPS) is 10.8.